The smallest absolute Gasteiger partial charge is 0.242 e. The Morgan fingerprint density at radius 3 is 2.76 bits per heavy atom. The molecule has 4 heteroatoms. The maximum Gasteiger partial charge on any atom is 0.242 e. The van der Waals surface area contributed by atoms with Crippen molar-refractivity contribution in [3.63, 3.8) is 0 Å². The molecule has 17 heavy (non-hydrogen) atoms. The maximum absolute atomic E-state index is 12.3. The van der Waals surface area contributed by atoms with Crippen molar-refractivity contribution in [1.29, 1.82) is 0 Å². The first-order chi connectivity index (χ1) is 8.16. The van der Waals surface area contributed by atoms with Crippen molar-refractivity contribution in [3.8, 4) is 0 Å². The minimum absolute atomic E-state index is 0.146. The third-order valence-electron chi connectivity index (χ3n) is 3.13. The van der Waals surface area contributed by atoms with Crippen LogP contribution < -0.4 is 5.32 Å². The van der Waals surface area contributed by atoms with E-state index in [2.05, 4.69) is 26.1 Å². The molecule has 100 valence electrons. The van der Waals surface area contributed by atoms with E-state index in [9.17, 15) is 4.79 Å². The molecule has 1 saturated heterocycles. The topological polar surface area (TPSA) is 41.6 Å². The predicted octanol–water partition coefficient (Wildman–Crippen LogP) is 1.40. The van der Waals surface area contributed by atoms with Gasteiger partial charge in [-0.15, -0.1) is 0 Å². The lowest BCUT2D eigenvalue weighted by atomic mass is 10.1. The molecule has 0 aromatic heterocycles. The molecule has 1 amide bonds. The van der Waals surface area contributed by atoms with Gasteiger partial charge in [0.25, 0.3) is 0 Å². The predicted molar refractivity (Wildman–Crippen MR) is 69.0 cm³/mol. The molecule has 0 aromatic carbocycles. The van der Waals surface area contributed by atoms with E-state index < -0.39 is 0 Å². The number of morpholine rings is 1. The lowest BCUT2D eigenvalue weighted by Crippen LogP contribution is -2.54. The molecule has 0 bridgehead atoms. The van der Waals surface area contributed by atoms with Crippen LogP contribution in [0.25, 0.3) is 0 Å². The number of nitrogens with one attached hydrogen (secondary N) is 1. The van der Waals surface area contributed by atoms with Crippen molar-refractivity contribution in [2.45, 2.75) is 52.1 Å². The van der Waals surface area contributed by atoms with Crippen LogP contribution in [0.2, 0.25) is 0 Å². The van der Waals surface area contributed by atoms with E-state index in [1.54, 1.807) is 0 Å². The van der Waals surface area contributed by atoms with Crippen molar-refractivity contribution < 1.29 is 9.53 Å². The second-order valence-corrected chi connectivity index (χ2v) is 4.91. The minimum Gasteiger partial charge on any atom is -0.378 e. The quantitative estimate of drug-likeness (QED) is 0.716. The van der Waals surface area contributed by atoms with E-state index in [1.807, 2.05) is 4.90 Å². The lowest BCUT2D eigenvalue weighted by Gasteiger charge is -2.32. The summed E-state index contributed by atoms with van der Waals surface area (Å²) in [4.78, 5) is 14.3. The molecule has 0 aliphatic carbocycles. The SMILES string of the molecule is CCCCCN(C(=O)C1COCCN1)C(C)C. The van der Waals surface area contributed by atoms with Crippen molar-refractivity contribution in [3.05, 3.63) is 0 Å². The van der Waals surface area contributed by atoms with Crippen LogP contribution in [0.5, 0.6) is 0 Å². The fourth-order valence-electron chi connectivity index (χ4n) is 2.08. The molecule has 4 nitrogen and oxygen atoms in total. The van der Waals surface area contributed by atoms with Gasteiger partial charge in [0.15, 0.2) is 0 Å². The summed E-state index contributed by atoms with van der Waals surface area (Å²) in [5.41, 5.74) is 0. The molecular formula is C13H26N2O2. The Morgan fingerprint density at radius 2 is 2.24 bits per heavy atom. The molecule has 1 N–H and O–H groups in total. The highest BCUT2D eigenvalue weighted by atomic mass is 16.5. The van der Waals surface area contributed by atoms with Crippen molar-refractivity contribution in [1.82, 2.24) is 10.2 Å². The molecule has 0 saturated carbocycles. The molecule has 1 aliphatic heterocycles. The van der Waals surface area contributed by atoms with Crippen LogP contribution in [0.1, 0.15) is 40.0 Å². The van der Waals surface area contributed by atoms with Crippen LogP contribution in [0.15, 0.2) is 0 Å². The van der Waals surface area contributed by atoms with Crippen molar-refractivity contribution >= 4 is 5.91 Å². The van der Waals surface area contributed by atoms with Crippen molar-refractivity contribution in [2.24, 2.45) is 0 Å². The normalized spacial score (nSPS) is 20.6. The molecule has 1 atom stereocenters. The number of carbonyl (C=O) groups is 1. The molecule has 1 unspecified atom stereocenters. The Hall–Kier alpha value is -0.610. The van der Waals surface area contributed by atoms with Gasteiger partial charge in [0, 0.05) is 19.1 Å². The van der Waals surface area contributed by atoms with E-state index in [1.165, 1.54) is 12.8 Å². The van der Waals surface area contributed by atoms with Gasteiger partial charge < -0.3 is 15.0 Å². The third-order valence-corrected chi connectivity index (χ3v) is 3.13. The van der Waals surface area contributed by atoms with Crippen molar-refractivity contribution in [2.75, 3.05) is 26.3 Å². The average Bonchev–Trinajstić information content (AvgIpc) is 2.34. The summed E-state index contributed by atoms with van der Waals surface area (Å²) in [5.74, 6) is 0.191. The summed E-state index contributed by atoms with van der Waals surface area (Å²) in [7, 11) is 0. The lowest BCUT2D eigenvalue weighted by molar-refractivity contribution is -0.138. The first kappa shape index (κ1) is 14.5. The van der Waals surface area contributed by atoms with Crippen LogP contribution in [0.3, 0.4) is 0 Å². The summed E-state index contributed by atoms with van der Waals surface area (Å²) in [6.07, 6.45) is 3.46. The van der Waals surface area contributed by atoms with Gasteiger partial charge in [-0.25, -0.2) is 0 Å². The number of unbranched alkanes of at least 4 members (excludes halogenated alkanes) is 2. The highest BCUT2D eigenvalue weighted by Crippen LogP contribution is 2.07. The van der Waals surface area contributed by atoms with E-state index in [-0.39, 0.29) is 18.0 Å². The second kappa shape index (κ2) is 7.67. The number of rotatable bonds is 6. The number of nitrogens with zero attached hydrogens (tertiary/aromatic N) is 1. The zero-order valence-corrected chi connectivity index (χ0v) is 11.4. The standard InChI is InChI=1S/C13H26N2O2/c1-4-5-6-8-15(11(2)3)13(16)12-10-17-9-7-14-12/h11-12,14H,4-10H2,1-3H3. The van der Waals surface area contributed by atoms with Gasteiger partial charge in [-0.1, -0.05) is 19.8 Å². The molecule has 0 radical (unpaired) electrons. The summed E-state index contributed by atoms with van der Waals surface area (Å²) in [6, 6.07) is 0.121. The monoisotopic (exact) mass is 242 g/mol. The third kappa shape index (κ3) is 4.64. The zero-order valence-electron chi connectivity index (χ0n) is 11.4. The van der Waals surface area contributed by atoms with Gasteiger partial charge in [0.1, 0.15) is 6.04 Å². The first-order valence-corrected chi connectivity index (χ1v) is 6.78. The Labute approximate surface area is 105 Å². The summed E-state index contributed by atoms with van der Waals surface area (Å²) < 4.78 is 5.35. The summed E-state index contributed by atoms with van der Waals surface area (Å²) in [5, 5.41) is 3.23. The Morgan fingerprint density at radius 1 is 1.47 bits per heavy atom. The van der Waals surface area contributed by atoms with Gasteiger partial charge in [-0.05, 0) is 20.3 Å². The van der Waals surface area contributed by atoms with Crippen LogP contribution in [-0.2, 0) is 9.53 Å². The van der Waals surface area contributed by atoms with Crippen LogP contribution in [0.4, 0.5) is 0 Å². The number of amides is 1. The number of ether oxygens (including phenoxy) is 1. The number of carbonyl (C=O) groups excluding carboxylic acids is 1. The molecular weight excluding hydrogens is 216 g/mol. The highest BCUT2D eigenvalue weighted by molar-refractivity contribution is 5.82. The molecule has 0 spiro atoms. The molecule has 1 aliphatic rings. The van der Waals surface area contributed by atoms with Crippen LogP contribution >= 0.6 is 0 Å². The maximum atomic E-state index is 12.3. The van der Waals surface area contributed by atoms with E-state index >= 15 is 0 Å². The summed E-state index contributed by atoms with van der Waals surface area (Å²) in [6.45, 7) is 9.19. The molecule has 1 fully saturated rings. The Balaban J connectivity index is 2.46. The van der Waals surface area contributed by atoms with Gasteiger partial charge >= 0.3 is 0 Å². The Kier molecular flexibility index (Phi) is 6.52. The average molecular weight is 242 g/mol. The van der Waals surface area contributed by atoms with E-state index in [4.69, 9.17) is 4.74 Å². The Bertz CT molecular complexity index is 225. The largest absolute Gasteiger partial charge is 0.378 e. The van der Waals surface area contributed by atoms with Gasteiger partial charge in [-0.2, -0.15) is 0 Å². The van der Waals surface area contributed by atoms with E-state index in [0.29, 0.717) is 13.2 Å². The number of hydrogen-bond acceptors (Lipinski definition) is 3. The number of hydrogen-bond donors (Lipinski definition) is 1. The minimum atomic E-state index is -0.146. The molecule has 1 heterocycles. The fraction of sp³-hybridized carbons (Fsp3) is 0.923. The van der Waals surface area contributed by atoms with E-state index in [0.717, 1.165) is 19.5 Å². The molecule has 0 aromatic rings. The van der Waals surface area contributed by atoms with Gasteiger partial charge in [0.2, 0.25) is 5.91 Å². The van der Waals surface area contributed by atoms with Gasteiger partial charge in [0.05, 0.1) is 13.2 Å². The second-order valence-electron chi connectivity index (χ2n) is 4.91. The van der Waals surface area contributed by atoms with Crippen LogP contribution in [0, 0.1) is 0 Å². The summed E-state index contributed by atoms with van der Waals surface area (Å²) >= 11 is 0. The highest BCUT2D eigenvalue weighted by Gasteiger charge is 2.27. The zero-order chi connectivity index (χ0) is 12.7. The first-order valence-electron chi connectivity index (χ1n) is 6.78. The van der Waals surface area contributed by atoms with Gasteiger partial charge in [-0.3, -0.25) is 4.79 Å². The fourth-order valence-corrected chi connectivity index (χ4v) is 2.08. The molecule has 1 rings (SSSR count). The van der Waals surface area contributed by atoms with Crippen LogP contribution in [-0.4, -0.2) is 49.2 Å².